The van der Waals surface area contributed by atoms with Crippen molar-refractivity contribution in [2.45, 2.75) is 38.3 Å². The van der Waals surface area contributed by atoms with Crippen molar-refractivity contribution in [1.29, 1.82) is 0 Å². The van der Waals surface area contributed by atoms with Gasteiger partial charge in [-0.2, -0.15) is 0 Å². The summed E-state index contributed by atoms with van der Waals surface area (Å²) in [6, 6.07) is 0. The third-order valence-electron chi connectivity index (χ3n) is 5.59. The maximum atomic E-state index is 5.43. The van der Waals surface area contributed by atoms with E-state index >= 15 is 0 Å². The zero-order chi connectivity index (χ0) is 18.5. The van der Waals surface area contributed by atoms with Gasteiger partial charge in [-0.1, -0.05) is 0 Å². The predicted molar refractivity (Wildman–Crippen MR) is 97.9 cm³/mol. The average Bonchev–Trinajstić information content (AvgIpc) is 3.34. The van der Waals surface area contributed by atoms with E-state index in [-0.39, 0.29) is 0 Å². The molecule has 1 atom stereocenters. The monoisotopic (exact) mass is 375 g/mol. The Morgan fingerprint density at radius 3 is 2.81 bits per heavy atom. The molecule has 10 heteroatoms. The molecule has 2 saturated heterocycles. The van der Waals surface area contributed by atoms with Gasteiger partial charge in [0.2, 0.25) is 0 Å². The first-order valence-electron chi connectivity index (χ1n) is 9.91. The van der Waals surface area contributed by atoms with Gasteiger partial charge in [-0.3, -0.25) is 4.90 Å². The molecule has 2 aliphatic rings. The molecule has 0 amide bonds. The van der Waals surface area contributed by atoms with Crippen LogP contribution in [-0.2, 0) is 24.9 Å². The average molecular weight is 375 g/mol. The quantitative estimate of drug-likeness (QED) is 0.663. The van der Waals surface area contributed by atoms with Crippen LogP contribution in [0.1, 0.15) is 36.8 Å². The van der Waals surface area contributed by atoms with Crippen LogP contribution >= 0.6 is 0 Å². The van der Waals surface area contributed by atoms with Crippen LogP contribution < -0.4 is 0 Å². The molecular formula is C17H29N9O. The van der Waals surface area contributed by atoms with Crippen molar-refractivity contribution in [1.82, 2.24) is 44.8 Å². The van der Waals surface area contributed by atoms with E-state index in [0.29, 0.717) is 5.92 Å². The van der Waals surface area contributed by atoms with Crippen LogP contribution in [0.3, 0.4) is 0 Å². The number of rotatable bonds is 7. The molecule has 1 unspecified atom stereocenters. The maximum Gasteiger partial charge on any atom is 0.146 e. The van der Waals surface area contributed by atoms with Gasteiger partial charge in [-0.05, 0) is 42.8 Å². The van der Waals surface area contributed by atoms with E-state index in [9.17, 15) is 0 Å². The van der Waals surface area contributed by atoms with Crippen molar-refractivity contribution >= 4 is 0 Å². The fraction of sp³-hybridized carbons (Fsp3) is 0.824. The van der Waals surface area contributed by atoms with Gasteiger partial charge in [0.15, 0.2) is 0 Å². The molecule has 2 fully saturated rings. The lowest BCUT2D eigenvalue weighted by Crippen LogP contribution is -2.37. The molecule has 0 aromatic carbocycles. The Bertz CT molecular complexity index is 695. The van der Waals surface area contributed by atoms with Crippen LogP contribution in [0, 0.1) is 0 Å². The summed E-state index contributed by atoms with van der Waals surface area (Å²) >= 11 is 0. The number of nitrogens with zero attached hydrogens (tertiary/aromatic N) is 9. The number of aryl methyl sites for hydroxylation is 1. The number of ether oxygens (including phenoxy) is 1. The summed E-state index contributed by atoms with van der Waals surface area (Å²) < 4.78 is 9.44. The molecule has 27 heavy (non-hydrogen) atoms. The van der Waals surface area contributed by atoms with Crippen LogP contribution in [0.25, 0.3) is 0 Å². The smallest absolute Gasteiger partial charge is 0.146 e. The van der Waals surface area contributed by atoms with Gasteiger partial charge >= 0.3 is 0 Å². The van der Waals surface area contributed by atoms with Crippen molar-refractivity contribution in [3.8, 4) is 0 Å². The molecular weight excluding hydrogens is 346 g/mol. The summed E-state index contributed by atoms with van der Waals surface area (Å²) in [6.45, 7) is 8.57. The molecule has 0 bridgehead atoms. The van der Waals surface area contributed by atoms with E-state index in [1.807, 2.05) is 0 Å². The molecule has 0 saturated carbocycles. The molecule has 2 aromatic heterocycles. The fourth-order valence-electron chi connectivity index (χ4n) is 4.04. The highest BCUT2D eigenvalue weighted by molar-refractivity contribution is 5.04. The lowest BCUT2D eigenvalue weighted by atomic mass is 9.97. The molecule has 4 heterocycles. The largest absolute Gasteiger partial charge is 0.379 e. The third-order valence-corrected chi connectivity index (χ3v) is 5.59. The Labute approximate surface area is 159 Å². The molecule has 0 N–H and O–H groups in total. The minimum absolute atomic E-state index is 0.461. The Hall–Kier alpha value is -1.91. The summed E-state index contributed by atoms with van der Waals surface area (Å²) in [6.07, 6.45) is 5.13. The molecule has 0 aliphatic carbocycles. The fourth-order valence-corrected chi connectivity index (χ4v) is 4.04. The van der Waals surface area contributed by atoms with Gasteiger partial charge in [-0.25, -0.2) is 4.68 Å². The molecule has 2 aromatic rings. The number of morpholine rings is 1. The summed E-state index contributed by atoms with van der Waals surface area (Å²) in [7, 11) is 2.11. The minimum atomic E-state index is 0.461. The van der Waals surface area contributed by atoms with Crippen LogP contribution in [0.2, 0.25) is 0 Å². The zero-order valence-electron chi connectivity index (χ0n) is 16.1. The maximum absolute atomic E-state index is 5.43. The van der Waals surface area contributed by atoms with E-state index in [0.717, 1.165) is 77.1 Å². The van der Waals surface area contributed by atoms with E-state index in [1.54, 1.807) is 11.0 Å². The molecule has 0 radical (unpaired) electrons. The SMILES string of the molecule is Cn1c(CN2CCOCC2)nnc1C1CCCN(CCCn2cnnn2)C1. The number of hydrogen-bond acceptors (Lipinski definition) is 8. The molecule has 2 aliphatic heterocycles. The summed E-state index contributed by atoms with van der Waals surface area (Å²) in [5.74, 6) is 2.65. The highest BCUT2D eigenvalue weighted by Crippen LogP contribution is 2.26. The topological polar surface area (TPSA) is 90.0 Å². The summed E-state index contributed by atoms with van der Waals surface area (Å²) in [5.41, 5.74) is 0. The van der Waals surface area contributed by atoms with Gasteiger partial charge in [0.1, 0.15) is 18.0 Å². The number of piperidine rings is 1. The van der Waals surface area contributed by atoms with Gasteiger partial charge in [0.05, 0.1) is 19.8 Å². The number of aromatic nitrogens is 7. The van der Waals surface area contributed by atoms with Crippen LogP contribution in [-0.4, -0.2) is 90.7 Å². The van der Waals surface area contributed by atoms with Crippen LogP contribution in [0.4, 0.5) is 0 Å². The lowest BCUT2D eigenvalue weighted by Gasteiger charge is -2.32. The first-order chi connectivity index (χ1) is 13.3. The van der Waals surface area contributed by atoms with Crippen molar-refractivity contribution in [2.24, 2.45) is 7.05 Å². The van der Waals surface area contributed by atoms with Gasteiger partial charge in [0.25, 0.3) is 0 Å². The highest BCUT2D eigenvalue weighted by atomic mass is 16.5. The second kappa shape index (κ2) is 8.85. The zero-order valence-corrected chi connectivity index (χ0v) is 16.1. The first-order valence-corrected chi connectivity index (χ1v) is 9.91. The Morgan fingerprint density at radius 1 is 1.11 bits per heavy atom. The molecule has 148 valence electrons. The van der Waals surface area contributed by atoms with Crippen molar-refractivity contribution < 1.29 is 4.74 Å². The standard InChI is InChI=1S/C17H29N9O/c1-23-16(13-25-8-10-27-11-9-25)19-20-17(23)15-4-2-5-24(12-15)6-3-7-26-14-18-21-22-26/h14-15H,2-13H2,1H3. The molecule has 10 nitrogen and oxygen atoms in total. The number of tetrazole rings is 1. The number of likely N-dealkylation sites (tertiary alicyclic amines) is 1. The second-order valence-corrected chi connectivity index (χ2v) is 7.49. The first kappa shape index (κ1) is 18.5. The van der Waals surface area contributed by atoms with Gasteiger partial charge in [-0.15, -0.1) is 15.3 Å². The van der Waals surface area contributed by atoms with Gasteiger partial charge < -0.3 is 14.2 Å². The van der Waals surface area contributed by atoms with E-state index in [4.69, 9.17) is 4.74 Å². The molecule has 0 spiro atoms. The Balaban J connectivity index is 1.31. The van der Waals surface area contributed by atoms with Crippen molar-refractivity contribution in [3.63, 3.8) is 0 Å². The van der Waals surface area contributed by atoms with E-state index in [2.05, 4.69) is 47.1 Å². The van der Waals surface area contributed by atoms with Crippen LogP contribution in [0.5, 0.6) is 0 Å². The van der Waals surface area contributed by atoms with Gasteiger partial charge in [0, 0.05) is 39.1 Å². The number of hydrogen-bond donors (Lipinski definition) is 0. The molecule has 4 rings (SSSR count). The minimum Gasteiger partial charge on any atom is -0.379 e. The Morgan fingerprint density at radius 2 is 2.00 bits per heavy atom. The van der Waals surface area contributed by atoms with E-state index < -0.39 is 0 Å². The second-order valence-electron chi connectivity index (χ2n) is 7.49. The normalized spacial score (nSPS) is 22.3. The summed E-state index contributed by atoms with van der Waals surface area (Å²) in [4.78, 5) is 4.93. The van der Waals surface area contributed by atoms with Crippen LogP contribution in [0.15, 0.2) is 6.33 Å². The summed E-state index contributed by atoms with van der Waals surface area (Å²) in [5, 5.41) is 20.3. The van der Waals surface area contributed by atoms with Crippen molar-refractivity contribution in [3.05, 3.63) is 18.0 Å². The van der Waals surface area contributed by atoms with E-state index in [1.165, 1.54) is 12.8 Å². The predicted octanol–water partition coefficient (Wildman–Crippen LogP) is -0.0965. The third kappa shape index (κ3) is 4.69. The Kier molecular flexibility index (Phi) is 6.05. The lowest BCUT2D eigenvalue weighted by molar-refractivity contribution is 0.0326. The van der Waals surface area contributed by atoms with Crippen molar-refractivity contribution in [2.75, 3.05) is 45.9 Å². The highest BCUT2D eigenvalue weighted by Gasteiger charge is 2.26.